The van der Waals surface area contributed by atoms with Crippen molar-refractivity contribution < 1.29 is 4.79 Å². The summed E-state index contributed by atoms with van der Waals surface area (Å²) in [4.78, 5) is 12.0. The summed E-state index contributed by atoms with van der Waals surface area (Å²) < 4.78 is 1.02. The predicted molar refractivity (Wildman–Crippen MR) is 72.9 cm³/mol. The highest BCUT2D eigenvalue weighted by molar-refractivity contribution is 9.10. The number of ketones is 1. The van der Waals surface area contributed by atoms with Crippen LogP contribution >= 0.6 is 15.9 Å². The molecule has 3 heteroatoms. The molecule has 0 saturated heterocycles. The molecule has 2 nitrogen and oxygen atoms in total. The highest BCUT2D eigenvalue weighted by Crippen LogP contribution is 2.30. The van der Waals surface area contributed by atoms with Crippen LogP contribution in [-0.2, 0) is 11.2 Å². The number of hydrogen-bond acceptors (Lipinski definition) is 2. The molecule has 0 heterocycles. The molecular formula is C14H18BrNO. The number of nitrogens with two attached hydrogens (primary N) is 1. The van der Waals surface area contributed by atoms with Crippen molar-refractivity contribution in [1.82, 2.24) is 0 Å². The molecule has 2 rings (SSSR count). The summed E-state index contributed by atoms with van der Waals surface area (Å²) in [7, 11) is 0. The zero-order valence-corrected chi connectivity index (χ0v) is 11.5. The van der Waals surface area contributed by atoms with Crippen LogP contribution in [0, 0.1) is 0 Å². The Morgan fingerprint density at radius 1 is 1.35 bits per heavy atom. The Bertz CT molecular complexity index is 410. The van der Waals surface area contributed by atoms with Crippen molar-refractivity contribution in [1.29, 1.82) is 0 Å². The van der Waals surface area contributed by atoms with Crippen LogP contribution in [-0.4, -0.2) is 11.3 Å². The molecule has 2 N–H and O–H groups in total. The molecule has 1 aliphatic rings. The van der Waals surface area contributed by atoms with E-state index in [1.807, 2.05) is 24.3 Å². The Morgan fingerprint density at radius 3 is 2.71 bits per heavy atom. The van der Waals surface area contributed by atoms with E-state index >= 15 is 0 Å². The highest BCUT2D eigenvalue weighted by atomic mass is 79.9. The first-order valence-electron chi connectivity index (χ1n) is 6.12. The first-order valence-corrected chi connectivity index (χ1v) is 6.92. The molecular weight excluding hydrogens is 278 g/mol. The van der Waals surface area contributed by atoms with Crippen molar-refractivity contribution >= 4 is 21.7 Å². The quantitative estimate of drug-likeness (QED) is 0.927. The van der Waals surface area contributed by atoms with Gasteiger partial charge < -0.3 is 5.73 Å². The largest absolute Gasteiger partial charge is 0.325 e. The molecule has 0 aromatic heterocycles. The second-order valence-corrected chi connectivity index (χ2v) is 6.01. The monoisotopic (exact) mass is 295 g/mol. The lowest BCUT2D eigenvalue weighted by atomic mass is 9.90. The maximum atomic E-state index is 12.0. The molecule has 1 aliphatic carbocycles. The average Bonchev–Trinajstić information content (AvgIpc) is 2.64. The molecule has 1 fully saturated rings. The number of hydrogen-bond donors (Lipinski definition) is 1. The first kappa shape index (κ1) is 12.8. The molecule has 0 atom stereocenters. The summed E-state index contributed by atoms with van der Waals surface area (Å²) in [6, 6.07) is 7.91. The molecule has 0 bridgehead atoms. The van der Waals surface area contributed by atoms with E-state index in [4.69, 9.17) is 5.73 Å². The Labute approximate surface area is 111 Å². The van der Waals surface area contributed by atoms with Crippen molar-refractivity contribution in [3.05, 3.63) is 34.3 Å². The minimum atomic E-state index is -0.219. The lowest BCUT2D eigenvalue weighted by molar-refractivity contribution is -0.119. The number of rotatable bonds is 4. The van der Waals surface area contributed by atoms with Crippen LogP contribution in [0.1, 0.15) is 37.7 Å². The van der Waals surface area contributed by atoms with E-state index < -0.39 is 0 Å². The third-order valence-corrected chi connectivity index (χ3v) is 3.93. The van der Waals surface area contributed by atoms with Gasteiger partial charge in [-0.15, -0.1) is 0 Å². The van der Waals surface area contributed by atoms with Crippen molar-refractivity contribution in [2.75, 3.05) is 0 Å². The van der Waals surface area contributed by atoms with E-state index in [0.29, 0.717) is 12.8 Å². The van der Waals surface area contributed by atoms with Crippen molar-refractivity contribution in [2.24, 2.45) is 5.73 Å². The van der Waals surface area contributed by atoms with Gasteiger partial charge in [-0.05, 0) is 30.5 Å². The lowest BCUT2D eigenvalue weighted by Gasteiger charge is -2.22. The fourth-order valence-corrected chi connectivity index (χ4v) is 3.03. The van der Waals surface area contributed by atoms with E-state index in [2.05, 4.69) is 15.9 Å². The molecule has 92 valence electrons. The van der Waals surface area contributed by atoms with Crippen LogP contribution in [0.4, 0.5) is 0 Å². The standard InChI is InChI=1S/C14H18BrNO/c15-12-5-3-4-11(8-12)9-13(17)10-14(16)6-1-2-7-14/h3-5,8H,1-2,6-7,9-10,16H2. The number of carbonyl (C=O) groups excluding carboxylic acids is 1. The van der Waals surface area contributed by atoms with E-state index in [1.165, 1.54) is 12.8 Å². The van der Waals surface area contributed by atoms with Crippen LogP contribution in [0.25, 0.3) is 0 Å². The van der Waals surface area contributed by atoms with Gasteiger partial charge in [0, 0.05) is 22.9 Å². The third-order valence-electron chi connectivity index (χ3n) is 3.44. The Morgan fingerprint density at radius 2 is 2.06 bits per heavy atom. The average molecular weight is 296 g/mol. The topological polar surface area (TPSA) is 43.1 Å². The zero-order chi connectivity index (χ0) is 12.3. The molecule has 1 saturated carbocycles. The van der Waals surface area contributed by atoms with Gasteiger partial charge in [0.1, 0.15) is 5.78 Å². The number of carbonyl (C=O) groups is 1. The number of benzene rings is 1. The van der Waals surface area contributed by atoms with E-state index in [1.54, 1.807) is 0 Å². The Hall–Kier alpha value is -0.670. The molecule has 0 spiro atoms. The maximum Gasteiger partial charge on any atom is 0.139 e. The molecule has 0 unspecified atom stereocenters. The lowest BCUT2D eigenvalue weighted by Crippen LogP contribution is -2.39. The molecule has 1 aromatic rings. The van der Waals surface area contributed by atoms with Crippen LogP contribution in [0.3, 0.4) is 0 Å². The third kappa shape index (κ3) is 3.65. The fourth-order valence-electron chi connectivity index (χ4n) is 2.59. The molecule has 0 radical (unpaired) electrons. The van der Waals surface area contributed by atoms with Gasteiger partial charge in [0.05, 0.1) is 0 Å². The summed E-state index contributed by atoms with van der Waals surface area (Å²) in [5, 5.41) is 0. The predicted octanol–water partition coefficient (Wildman–Crippen LogP) is 3.22. The second kappa shape index (κ2) is 5.32. The zero-order valence-electron chi connectivity index (χ0n) is 9.92. The normalized spacial score (nSPS) is 18.2. The summed E-state index contributed by atoms with van der Waals surface area (Å²) in [6.07, 6.45) is 5.35. The van der Waals surface area contributed by atoms with Crippen LogP contribution in [0.2, 0.25) is 0 Å². The summed E-state index contributed by atoms with van der Waals surface area (Å²) in [5.74, 6) is 0.257. The van der Waals surface area contributed by atoms with Crippen LogP contribution in [0.5, 0.6) is 0 Å². The van der Waals surface area contributed by atoms with Gasteiger partial charge in [0.15, 0.2) is 0 Å². The SMILES string of the molecule is NC1(CC(=O)Cc2cccc(Br)c2)CCCC1. The smallest absolute Gasteiger partial charge is 0.139 e. The number of halogens is 1. The first-order chi connectivity index (χ1) is 8.07. The van der Waals surface area contributed by atoms with Crippen LogP contribution < -0.4 is 5.73 Å². The Kier molecular flexibility index (Phi) is 4.00. The van der Waals surface area contributed by atoms with Crippen LogP contribution in [0.15, 0.2) is 28.7 Å². The highest BCUT2D eigenvalue weighted by Gasteiger charge is 2.31. The summed E-state index contributed by atoms with van der Waals surface area (Å²) in [5.41, 5.74) is 7.06. The minimum absolute atomic E-state index is 0.219. The van der Waals surface area contributed by atoms with Gasteiger partial charge in [-0.1, -0.05) is 40.9 Å². The molecule has 1 aromatic carbocycles. The van der Waals surface area contributed by atoms with Gasteiger partial charge in [-0.3, -0.25) is 4.79 Å². The van der Waals surface area contributed by atoms with E-state index in [9.17, 15) is 4.79 Å². The number of Topliss-reactive ketones (excluding diaryl/α,β-unsaturated/α-hetero) is 1. The van der Waals surface area contributed by atoms with E-state index in [0.717, 1.165) is 22.9 Å². The van der Waals surface area contributed by atoms with Gasteiger partial charge in [0.25, 0.3) is 0 Å². The van der Waals surface area contributed by atoms with Crippen molar-refractivity contribution in [2.45, 2.75) is 44.1 Å². The summed E-state index contributed by atoms with van der Waals surface area (Å²) in [6.45, 7) is 0. The Balaban J connectivity index is 1.93. The molecule has 0 aliphatic heterocycles. The van der Waals surface area contributed by atoms with Gasteiger partial charge in [0.2, 0.25) is 0 Å². The van der Waals surface area contributed by atoms with Gasteiger partial charge in [-0.2, -0.15) is 0 Å². The minimum Gasteiger partial charge on any atom is -0.325 e. The fraction of sp³-hybridized carbons (Fsp3) is 0.500. The van der Waals surface area contributed by atoms with E-state index in [-0.39, 0.29) is 11.3 Å². The van der Waals surface area contributed by atoms with Gasteiger partial charge in [-0.25, -0.2) is 0 Å². The maximum absolute atomic E-state index is 12.0. The van der Waals surface area contributed by atoms with Crippen molar-refractivity contribution in [3.8, 4) is 0 Å². The molecule has 0 amide bonds. The molecule has 17 heavy (non-hydrogen) atoms. The summed E-state index contributed by atoms with van der Waals surface area (Å²) >= 11 is 3.41. The second-order valence-electron chi connectivity index (χ2n) is 5.09. The van der Waals surface area contributed by atoms with Crippen molar-refractivity contribution in [3.63, 3.8) is 0 Å². The van der Waals surface area contributed by atoms with Gasteiger partial charge >= 0.3 is 0 Å².